The minimum Gasteiger partial charge on any atom is -0.349 e. The topological polar surface area (TPSA) is 45.5 Å². The first-order chi connectivity index (χ1) is 10.3. The zero-order valence-electron chi connectivity index (χ0n) is 12.3. The molecule has 1 N–H and O–H groups in total. The van der Waals surface area contributed by atoms with Gasteiger partial charge in [0.2, 0.25) is 0 Å². The highest BCUT2D eigenvalue weighted by atomic mass is 32.1. The summed E-state index contributed by atoms with van der Waals surface area (Å²) in [4.78, 5) is 12.5. The lowest BCUT2D eigenvalue weighted by molar-refractivity contribution is 0.750. The van der Waals surface area contributed by atoms with Crippen molar-refractivity contribution in [1.29, 1.82) is 0 Å². The second kappa shape index (κ2) is 6.24. The van der Waals surface area contributed by atoms with E-state index in [9.17, 15) is 0 Å². The van der Waals surface area contributed by atoms with E-state index in [0.29, 0.717) is 0 Å². The molecule has 0 saturated carbocycles. The van der Waals surface area contributed by atoms with Crippen LogP contribution in [-0.4, -0.2) is 28.0 Å². The zero-order chi connectivity index (χ0) is 14.7. The molecule has 5 nitrogen and oxygen atoms in total. The van der Waals surface area contributed by atoms with Crippen LogP contribution in [-0.2, 0) is 13.1 Å². The fourth-order valence-corrected chi connectivity index (χ4v) is 3.16. The first kappa shape index (κ1) is 14.0. The molecule has 0 spiro atoms. The van der Waals surface area contributed by atoms with Crippen LogP contribution in [0, 0.1) is 0 Å². The molecule has 3 aromatic rings. The number of imidazole rings is 1. The molecule has 3 rings (SSSR count). The number of nitrogens with one attached hydrogen (secondary N) is 1. The minimum absolute atomic E-state index is 0.777. The molecule has 0 aromatic carbocycles. The van der Waals surface area contributed by atoms with Gasteiger partial charge in [-0.1, -0.05) is 6.07 Å². The standard InChI is InChI=1S/C15H19N5S/c1-3-19(11-12-6-4-5-7-17-12)14-13(10-16-2)20-8-9-21-15(20)18-14/h4-9,16H,3,10-11H2,1-2H3. The molecule has 0 aliphatic carbocycles. The van der Waals surface area contributed by atoms with Crippen molar-refractivity contribution in [3.05, 3.63) is 47.4 Å². The molecule has 0 radical (unpaired) electrons. The Morgan fingerprint density at radius 2 is 2.29 bits per heavy atom. The number of hydrogen-bond donors (Lipinski definition) is 1. The Morgan fingerprint density at radius 3 is 3.00 bits per heavy atom. The van der Waals surface area contributed by atoms with Crippen LogP contribution in [0.5, 0.6) is 0 Å². The number of aromatic nitrogens is 3. The van der Waals surface area contributed by atoms with Crippen LogP contribution in [0.4, 0.5) is 5.82 Å². The smallest absolute Gasteiger partial charge is 0.195 e. The van der Waals surface area contributed by atoms with Gasteiger partial charge >= 0.3 is 0 Å². The maximum atomic E-state index is 4.80. The van der Waals surface area contributed by atoms with Crippen molar-refractivity contribution in [2.24, 2.45) is 0 Å². The van der Waals surface area contributed by atoms with Crippen molar-refractivity contribution in [3.8, 4) is 0 Å². The second-order valence-corrected chi connectivity index (χ2v) is 5.68. The van der Waals surface area contributed by atoms with Gasteiger partial charge in [-0.05, 0) is 26.1 Å². The molecule has 0 amide bonds. The SMILES string of the molecule is CCN(Cc1ccccn1)c1nc2sccn2c1CNC. The fraction of sp³-hybridized carbons (Fsp3) is 0.333. The molecular formula is C15H19N5S. The van der Waals surface area contributed by atoms with Crippen LogP contribution in [0.2, 0.25) is 0 Å². The molecule has 21 heavy (non-hydrogen) atoms. The summed E-state index contributed by atoms with van der Waals surface area (Å²) in [6, 6.07) is 6.02. The van der Waals surface area contributed by atoms with Gasteiger partial charge in [-0.2, -0.15) is 0 Å². The second-order valence-electron chi connectivity index (χ2n) is 4.80. The summed E-state index contributed by atoms with van der Waals surface area (Å²) < 4.78 is 2.16. The zero-order valence-corrected chi connectivity index (χ0v) is 13.1. The highest BCUT2D eigenvalue weighted by Gasteiger charge is 2.18. The molecule has 0 bridgehead atoms. The predicted molar refractivity (Wildman–Crippen MR) is 86.8 cm³/mol. The third-order valence-corrected chi connectivity index (χ3v) is 4.20. The van der Waals surface area contributed by atoms with Crippen molar-refractivity contribution in [2.45, 2.75) is 20.0 Å². The molecule has 0 saturated heterocycles. The van der Waals surface area contributed by atoms with Gasteiger partial charge in [0.15, 0.2) is 10.8 Å². The van der Waals surface area contributed by atoms with Crippen LogP contribution in [0.3, 0.4) is 0 Å². The number of thiazole rings is 1. The highest BCUT2D eigenvalue weighted by molar-refractivity contribution is 7.15. The normalized spacial score (nSPS) is 11.1. The molecule has 3 heterocycles. The molecule has 3 aromatic heterocycles. The van der Waals surface area contributed by atoms with Crippen LogP contribution >= 0.6 is 11.3 Å². The Kier molecular flexibility index (Phi) is 4.17. The lowest BCUT2D eigenvalue weighted by Crippen LogP contribution is -2.25. The number of fused-ring (bicyclic) bond motifs is 1. The van der Waals surface area contributed by atoms with Gasteiger partial charge in [-0.15, -0.1) is 11.3 Å². The van der Waals surface area contributed by atoms with E-state index >= 15 is 0 Å². The molecule has 0 aliphatic rings. The lowest BCUT2D eigenvalue weighted by atomic mass is 10.3. The number of hydrogen-bond acceptors (Lipinski definition) is 5. The Labute approximate surface area is 128 Å². The quantitative estimate of drug-likeness (QED) is 0.760. The first-order valence-electron chi connectivity index (χ1n) is 7.07. The van der Waals surface area contributed by atoms with Gasteiger partial charge < -0.3 is 10.2 Å². The van der Waals surface area contributed by atoms with Gasteiger partial charge in [0.25, 0.3) is 0 Å². The van der Waals surface area contributed by atoms with E-state index < -0.39 is 0 Å². The third kappa shape index (κ3) is 2.77. The summed E-state index contributed by atoms with van der Waals surface area (Å²) in [5.74, 6) is 1.05. The number of rotatable bonds is 6. The van der Waals surface area contributed by atoms with E-state index in [2.05, 4.69) is 44.2 Å². The summed E-state index contributed by atoms with van der Waals surface area (Å²) in [6.07, 6.45) is 3.92. The minimum atomic E-state index is 0.777. The molecule has 0 unspecified atom stereocenters. The van der Waals surface area contributed by atoms with E-state index in [-0.39, 0.29) is 0 Å². The monoisotopic (exact) mass is 301 g/mol. The van der Waals surface area contributed by atoms with Gasteiger partial charge in [0.05, 0.1) is 17.9 Å². The van der Waals surface area contributed by atoms with Crippen LogP contribution in [0.1, 0.15) is 18.3 Å². The first-order valence-corrected chi connectivity index (χ1v) is 7.95. The number of nitrogens with zero attached hydrogens (tertiary/aromatic N) is 4. The van der Waals surface area contributed by atoms with Crippen molar-refractivity contribution in [3.63, 3.8) is 0 Å². The summed E-state index contributed by atoms with van der Waals surface area (Å²) in [5, 5.41) is 5.31. The van der Waals surface area contributed by atoms with E-state index in [1.54, 1.807) is 11.3 Å². The average Bonchev–Trinajstić information content (AvgIpc) is 3.09. The highest BCUT2D eigenvalue weighted by Crippen LogP contribution is 2.25. The average molecular weight is 301 g/mol. The van der Waals surface area contributed by atoms with Gasteiger partial charge in [0, 0.05) is 30.9 Å². The van der Waals surface area contributed by atoms with E-state index in [4.69, 9.17) is 4.98 Å². The molecule has 0 atom stereocenters. The van der Waals surface area contributed by atoms with Gasteiger partial charge in [-0.3, -0.25) is 9.38 Å². The maximum Gasteiger partial charge on any atom is 0.195 e. The van der Waals surface area contributed by atoms with Gasteiger partial charge in [-0.25, -0.2) is 4.98 Å². The van der Waals surface area contributed by atoms with Crippen LogP contribution in [0.25, 0.3) is 4.96 Å². The fourth-order valence-electron chi connectivity index (χ4n) is 2.43. The summed E-state index contributed by atoms with van der Waals surface area (Å²) in [7, 11) is 1.96. The van der Waals surface area contributed by atoms with Crippen molar-refractivity contribution in [2.75, 3.05) is 18.5 Å². The molecular weight excluding hydrogens is 282 g/mol. The predicted octanol–water partition coefficient (Wildman–Crippen LogP) is 2.54. The Balaban J connectivity index is 1.96. The maximum absolute atomic E-state index is 4.80. The lowest BCUT2D eigenvalue weighted by Gasteiger charge is -2.21. The molecule has 6 heteroatoms. The Morgan fingerprint density at radius 1 is 1.38 bits per heavy atom. The van der Waals surface area contributed by atoms with Crippen LogP contribution in [0.15, 0.2) is 36.0 Å². The van der Waals surface area contributed by atoms with Crippen molar-refractivity contribution < 1.29 is 0 Å². The summed E-state index contributed by atoms with van der Waals surface area (Å²) >= 11 is 1.66. The van der Waals surface area contributed by atoms with Crippen molar-refractivity contribution in [1.82, 2.24) is 19.7 Å². The van der Waals surface area contributed by atoms with Crippen molar-refractivity contribution >= 4 is 22.1 Å². The number of pyridine rings is 1. The van der Waals surface area contributed by atoms with E-state index in [1.165, 1.54) is 5.69 Å². The molecule has 0 fully saturated rings. The van der Waals surface area contributed by atoms with E-state index in [1.807, 2.05) is 25.4 Å². The van der Waals surface area contributed by atoms with E-state index in [0.717, 1.165) is 36.1 Å². The molecule has 0 aliphatic heterocycles. The third-order valence-electron chi connectivity index (χ3n) is 3.44. The van der Waals surface area contributed by atoms with Crippen LogP contribution < -0.4 is 10.2 Å². The Hall–Kier alpha value is -1.92. The summed E-state index contributed by atoms with van der Waals surface area (Å²) in [5.41, 5.74) is 2.26. The number of anilines is 1. The van der Waals surface area contributed by atoms with Gasteiger partial charge in [0.1, 0.15) is 0 Å². The molecule has 110 valence electrons. The summed E-state index contributed by atoms with van der Waals surface area (Å²) in [6.45, 7) is 4.63. The largest absolute Gasteiger partial charge is 0.349 e. The Bertz CT molecular complexity index is 703.